The van der Waals surface area contributed by atoms with Crippen molar-refractivity contribution >= 4 is 11.8 Å². The Bertz CT molecular complexity index is 748. The summed E-state index contributed by atoms with van der Waals surface area (Å²) in [6, 6.07) is 16.0. The number of nitrogens with zero attached hydrogens (tertiary/aromatic N) is 2. The van der Waals surface area contributed by atoms with Gasteiger partial charge in [0.1, 0.15) is 5.75 Å². The summed E-state index contributed by atoms with van der Waals surface area (Å²) in [5.74, 6) is 1.15. The van der Waals surface area contributed by atoms with E-state index in [9.17, 15) is 8.78 Å². The van der Waals surface area contributed by atoms with Crippen molar-refractivity contribution in [3.8, 4) is 17.2 Å². The fraction of sp³-hybridized carbons (Fsp3) is 0.125. The molecule has 0 radical (unpaired) electrons. The number of halogens is 2. The molecule has 2 aromatic carbocycles. The van der Waals surface area contributed by atoms with Gasteiger partial charge in [-0.1, -0.05) is 42.1 Å². The lowest BCUT2D eigenvalue weighted by atomic mass is 10.2. The standard InChI is InChI=1S/C16H12F2N2O2S/c17-15(18)21-13-8-6-12(7-9-13)14-19-20-16(22-14)23-10-11-4-2-1-3-5-11/h1-9,15H,10H2. The van der Waals surface area contributed by atoms with Crippen LogP contribution >= 0.6 is 11.8 Å². The molecule has 3 aromatic rings. The molecule has 0 aliphatic carbocycles. The second-order valence-corrected chi connectivity index (χ2v) is 5.48. The van der Waals surface area contributed by atoms with Crippen LogP contribution in [-0.4, -0.2) is 16.8 Å². The second-order valence-electron chi connectivity index (χ2n) is 4.55. The van der Waals surface area contributed by atoms with Crippen molar-refractivity contribution in [2.24, 2.45) is 0 Å². The lowest BCUT2D eigenvalue weighted by Gasteiger charge is -2.03. The molecule has 0 spiro atoms. The molecule has 4 nitrogen and oxygen atoms in total. The average molecular weight is 334 g/mol. The van der Waals surface area contributed by atoms with Gasteiger partial charge in [0.25, 0.3) is 5.22 Å². The molecular formula is C16H12F2N2O2S. The highest BCUT2D eigenvalue weighted by molar-refractivity contribution is 7.98. The highest BCUT2D eigenvalue weighted by Crippen LogP contribution is 2.27. The number of hydrogen-bond acceptors (Lipinski definition) is 5. The minimum absolute atomic E-state index is 0.0851. The van der Waals surface area contributed by atoms with Crippen LogP contribution in [0.2, 0.25) is 0 Å². The number of ether oxygens (including phenoxy) is 1. The summed E-state index contributed by atoms with van der Waals surface area (Å²) in [5, 5.41) is 8.39. The minimum atomic E-state index is -2.84. The Morgan fingerprint density at radius 1 is 1.00 bits per heavy atom. The largest absolute Gasteiger partial charge is 0.435 e. The summed E-state index contributed by atoms with van der Waals surface area (Å²) in [5.41, 5.74) is 1.80. The van der Waals surface area contributed by atoms with E-state index in [1.165, 1.54) is 23.9 Å². The number of hydrogen-bond donors (Lipinski definition) is 0. The molecule has 118 valence electrons. The number of rotatable bonds is 6. The van der Waals surface area contributed by atoms with Crippen LogP contribution in [0.3, 0.4) is 0 Å². The monoisotopic (exact) mass is 334 g/mol. The van der Waals surface area contributed by atoms with Crippen molar-refractivity contribution in [2.45, 2.75) is 17.6 Å². The molecule has 0 saturated heterocycles. The highest BCUT2D eigenvalue weighted by Gasteiger charge is 2.10. The summed E-state index contributed by atoms with van der Waals surface area (Å²) in [4.78, 5) is 0. The number of benzene rings is 2. The van der Waals surface area contributed by atoms with E-state index in [0.29, 0.717) is 16.7 Å². The Labute approximate surface area is 135 Å². The van der Waals surface area contributed by atoms with Gasteiger partial charge in [0.05, 0.1) is 0 Å². The van der Waals surface area contributed by atoms with Gasteiger partial charge < -0.3 is 9.15 Å². The maximum Gasteiger partial charge on any atom is 0.387 e. The molecule has 0 amide bonds. The SMILES string of the molecule is FC(F)Oc1ccc(-c2nnc(SCc3ccccc3)o2)cc1. The summed E-state index contributed by atoms with van der Waals surface area (Å²) in [6.45, 7) is -2.84. The lowest BCUT2D eigenvalue weighted by Crippen LogP contribution is -2.01. The van der Waals surface area contributed by atoms with E-state index in [1.54, 1.807) is 12.1 Å². The molecule has 0 aliphatic heterocycles. The van der Waals surface area contributed by atoms with Crippen LogP contribution in [0.5, 0.6) is 5.75 Å². The normalized spacial score (nSPS) is 10.9. The topological polar surface area (TPSA) is 48.2 Å². The molecule has 0 unspecified atom stereocenters. The van der Waals surface area contributed by atoms with Crippen molar-refractivity contribution < 1.29 is 17.9 Å². The van der Waals surface area contributed by atoms with Crippen LogP contribution in [0.4, 0.5) is 8.78 Å². The Kier molecular flexibility index (Phi) is 4.87. The number of alkyl halides is 2. The van der Waals surface area contributed by atoms with Crippen molar-refractivity contribution in [1.29, 1.82) is 0 Å². The van der Waals surface area contributed by atoms with Crippen molar-refractivity contribution in [1.82, 2.24) is 10.2 Å². The summed E-state index contributed by atoms with van der Waals surface area (Å²) in [7, 11) is 0. The first-order valence-electron chi connectivity index (χ1n) is 6.76. The minimum Gasteiger partial charge on any atom is -0.435 e. The van der Waals surface area contributed by atoms with Gasteiger partial charge in [0.2, 0.25) is 5.89 Å². The Balaban J connectivity index is 1.64. The van der Waals surface area contributed by atoms with Crippen LogP contribution in [0.1, 0.15) is 5.56 Å². The number of aromatic nitrogens is 2. The van der Waals surface area contributed by atoms with Gasteiger partial charge in [0, 0.05) is 11.3 Å². The molecule has 1 heterocycles. The molecule has 1 aromatic heterocycles. The van der Waals surface area contributed by atoms with E-state index in [2.05, 4.69) is 14.9 Å². The second kappa shape index (κ2) is 7.23. The van der Waals surface area contributed by atoms with Crippen LogP contribution < -0.4 is 4.74 Å². The first kappa shape index (κ1) is 15.5. The lowest BCUT2D eigenvalue weighted by molar-refractivity contribution is -0.0498. The third-order valence-corrected chi connectivity index (χ3v) is 3.83. The van der Waals surface area contributed by atoms with E-state index < -0.39 is 6.61 Å². The first-order chi connectivity index (χ1) is 11.2. The van der Waals surface area contributed by atoms with Gasteiger partial charge in [-0.3, -0.25) is 0 Å². The molecule has 7 heteroatoms. The van der Waals surface area contributed by atoms with Gasteiger partial charge >= 0.3 is 6.61 Å². The smallest absolute Gasteiger partial charge is 0.387 e. The quantitative estimate of drug-likeness (QED) is 0.615. The Morgan fingerprint density at radius 3 is 2.43 bits per heavy atom. The Hall–Kier alpha value is -2.41. The third-order valence-electron chi connectivity index (χ3n) is 2.94. The maximum absolute atomic E-state index is 12.1. The summed E-state index contributed by atoms with van der Waals surface area (Å²) in [6.07, 6.45) is 0. The predicted octanol–water partition coefficient (Wildman–Crippen LogP) is 4.63. The number of thioether (sulfide) groups is 1. The van der Waals surface area contributed by atoms with Crippen LogP contribution in [0, 0.1) is 0 Å². The zero-order valence-corrected chi connectivity index (χ0v) is 12.7. The fourth-order valence-corrected chi connectivity index (χ4v) is 2.60. The molecule has 0 saturated carbocycles. The van der Waals surface area contributed by atoms with Gasteiger partial charge in [-0.05, 0) is 29.8 Å². The molecular weight excluding hydrogens is 322 g/mol. The zero-order chi connectivity index (χ0) is 16.1. The van der Waals surface area contributed by atoms with Gasteiger partial charge in [-0.25, -0.2) is 0 Å². The van der Waals surface area contributed by atoms with Crippen molar-refractivity contribution in [3.05, 3.63) is 60.2 Å². The zero-order valence-electron chi connectivity index (χ0n) is 11.9. The summed E-state index contributed by atoms with van der Waals surface area (Å²) < 4.78 is 34.1. The highest BCUT2D eigenvalue weighted by atomic mass is 32.2. The molecule has 3 rings (SSSR count). The van der Waals surface area contributed by atoms with Crippen LogP contribution in [-0.2, 0) is 5.75 Å². The van der Waals surface area contributed by atoms with Gasteiger partial charge in [-0.2, -0.15) is 8.78 Å². The first-order valence-corrected chi connectivity index (χ1v) is 7.75. The molecule has 0 fully saturated rings. The van der Waals surface area contributed by atoms with Crippen molar-refractivity contribution in [3.63, 3.8) is 0 Å². The van der Waals surface area contributed by atoms with Crippen LogP contribution in [0.15, 0.2) is 64.2 Å². The fourth-order valence-electron chi connectivity index (χ4n) is 1.88. The maximum atomic E-state index is 12.1. The predicted molar refractivity (Wildman–Crippen MR) is 82.4 cm³/mol. The molecule has 0 N–H and O–H groups in total. The van der Waals surface area contributed by atoms with E-state index in [4.69, 9.17) is 4.42 Å². The Morgan fingerprint density at radius 2 is 1.74 bits per heavy atom. The molecule has 23 heavy (non-hydrogen) atoms. The third kappa shape index (κ3) is 4.29. The van der Waals surface area contributed by atoms with Crippen molar-refractivity contribution in [2.75, 3.05) is 0 Å². The van der Waals surface area contributed by atoms with E-state index in [0.717, 1.165) is 11.3 Å². The molecule has 0 aliphatic rings. The van der Waals surface area contributed by atoms with Crippen LogP contribution in [0.25, 0.3) is 11.5 Å². The molecule has 0 bridgehead atoms. The van der Waals surface area contributed by atoms with E-state index >= 15 is 0 Å². The van der Waals surface area contributed by atoms with Gasteiger partial charge in [-0.15, -0.1) is 10.2 Å². The molecule has 0 atom stereocenters. The average Bonchev–Trinajstić information content (AvgIpc) is 3.03. The summed E-state index contributed by atoms with van der Waals surface area (Å²) >= 11 is 1.44. The van der Waals surface area contributed by atoms with Gasteiger partial charge in [0.15, 0.2) is 0 Å². The van der Waals surface area contributed by atoms with E-state index in [-0.39, 0.29) is 5.75 Å². The van der Waals surface area contributed by atoms with E-state index in [1.807, 2.05) is 30.3 Å².